The van der Waals surface area contributed by atoms with Crippen LogP contribution in [0.25, 0.3) is 6.08 Å². The summed E-state index contributed by atoms with van der Waals surface area (Å²) < 4.78 is 0. The molecule has 1 heteroatoms. The van der Waals surface area contributed by atoms with E-state index in [0.29, 0.717) is 0 Å². The van der Waals surface area contributed by atoms with E-state index >= 15 is 0 Å². The van der Waals surface area contributed by atoms with E-state index < -0.39 is 0 Å². The Labute approximate surface area is 99.6 Å². The lowest BCUT2D eigenvalue weighted by atomic mass is 9.83. The number of hydrogen-bond acceptors (Lipinski definition) is 1. The average Bonchev–Trinajstić information content (AvgIpc) is 2.25. The van der Waals surface area contributed by atoms with Gasteiger partial charge in [0.1, 0.15) is 0 Å². The third-order valence-electron chi connectivity index (χ3n) is 2.91. The zero-order valence-electron chi connectivity index (χ0n) is 11.1. The van der Waals surface area contributed by atoms with Gasteiger partial charge in [0, 0.05) is 12.7 Å². The number of nitrogens with one attached hydrogen (secondary N) is 1. The summed E-state index contributed by atoms with van der Waals surface area (Å²) in [5.41, 5.74) is 5.30. The second-order valence-electron chi connectivity index (χ2n) is 5.17. The molecule has 0 saturated carbocycles. The first kappa shape index (κ1) is 12.8. The van der Waals surface area contributed by atoms with Crippen molar-refractivity contribution in [3.63, 3.8) is 0 Å². The van der Waals surface area contributed by atoms with Crippen molar-refractivity contribution in [2.45, 2.75) is 39.5 Å². The monoisotopic (exact) mass is 217 g/mol. The molecule has 1 nitrogen and oxygen atoms in total. The molecule has 0 heterocycles. The molecule has 1 aromatic rings. The van der Waals surface area contributed by atoms with Crippen LogP contribution in [0.3, 0.4) is 0 Å². The fourth-order valence-corrected chi connectivity index (χ4v) is 1.96. The van der Waals surface area contributed by atoms with E-state index in [9.17, 15) is 0 Å². The van der Waals surface area contributed by atoms with Gasteiger partial charge in [0.05, 0.1) is 0 Å². The lowest BCUT2D eigenvalue weighted by Crippen LogP contribution is -2.15. The van der Waals surface area contributed by atoms with Crippen LogP contribution in [0.1, 0.15) is 44.4 Å². The van der Waals surface area contributed by atoms with Crippen LogP contribution in [0.4, 0.5) is 5.69 Å². The minimum Gasteiger partial charge on any atom is -0.387 e. The summed E-state index contributed by atoms with van der Waals surface area (Å²) in [6.07, 6.45) is 2.99. The predicted molar refractivity (Wildman–Crippen MR) is 74.2 cm³/mol. The molecule has 0 aliphatic heterocycles. The summed E-state index contributed by atoms with van der Waals surface area (Å²) in [6, 6.07) is 4.52. The van der Waals surface area contributed by atoms with Crippen molar-refractivity contribution in [2.24, 2.45) is 0 Å². The van der Waals surface area contributed by atoms with Gasteiger partial charge in [0.2, 0.25) is 0 Å². The lowest BCUT2D eigenvalue weighted by molar-refractivity contribution is 0.591. The van der Waals surface area contributed by atoms with Crippen molar-refractivity contribution in [3.8, 4) is 0 Å². The summed E-state index contributed by atoms with van der Waals surface area (Å²) in [4.78, 5) is 0. The highest BCUT2D eigenvalue weighted by molar-refractivity contribution is 5.71. The van der Waals surface area contributed by atoms with Crippen LogP contribution in [-0.2, 0) is 11.8 Å². The van der Waals surface area contributed by atoms with Crippen LogP contribution in [0, 0.1) is 0 Å². The van der Waals surface area contributed by atoms with Crippen LogP contribution >= 0.6 is 0 Å². The second-order valence-corrected chi connectivity index (χ2v) is 5.17. The van der Waals surface area contributed by atoms with Crippen LogP contribution in [0.2, 0.25) is 0 Å². The first-order valence-electron chi connectivity index (χ1n) is 5.91. The molecule has 88 valence electrons. The predicted octanol–water partition coefficient (Wildman–Crippen LogP) is 4.23. The molecule has 0 spiro atoms. The summed E-state index contributed by atoms with van der Waals surface area (Å²) in [5.74, 6) is 0. The molecule has 0 bridgehead atoms. The molecular formula is C15H23N. The van der Waals surface area contributed by atoms with Crippen molar-refractivity contribution in [1.29, 1.82) is 0 Å². The SMILES string of the molecule is C=Cc1cc(CC)cc(C(C)(C)C)c1NC. The molecule has 0 aliphatic rings. The fraction of sp³-hybridized carbons (Fsp3) is 0.467. The molecule has 16 heavy (non-hydrogen) atoms. The average molecular weight is 217 g/mol. The van der Waals surface area contributed by atoms with Gasteiger partial charge in [-0.2, -0.15) is 0 Å². The highest BCUT2D eigenvalue weighted by Gasteiger charge is 2.19. The minimum absolute atomic E-state index is 0.154. The van der Waals surface area contributed by atoms with E-state index in [1.807, 2.05) is 13.1 Å². The van der Waals surface area contributed by atoms with Crippen LogP contribution < -0.4 is 5.32 Å². The Hall–Kier alpha value is -1.24. The summed E-state index contributed by atoms with van der Waals surface area (Å²) in [6.45, 7) is 12.8. The maximum Gasteiger partial charge on any atom is 0.0449 e. The van der Waals surface area contributed by atoms with Gasteiger partial charge < -0.3 is 5.32 Å². The zero-order valence-corrected chi connectivity index (χ0v) is 11.1. The molecule has 0 aromatic heterocycles. The topological polar surface area (TPSA) is 12.0 Å². The quantitative estimate of drug-likeness (QED) is 0.799. The molecule has 0 radical (unpaired) electrons. The molecule has 0 unspecified atom stereocenters. The van der Waals surface area contributed by atoms with Gasteiger partial charge in [0.15, 0.2) is 0 Å². The Balaban J connectivity index is 3.49. The highest BCUT2D eigenvalue weighted by atomic mass is 14.8. The molecule has 0 aliphatic carbocycles. The fourth-order valence-electron chi connectivity index (χ4n) is 1.96. The van der Waals surface area contributed by atoms with E-state index in [2.05, 4.69) is 51.7 Å². The van der Waals surface area contributed by atoms with E-state index in [1.54, 1.807) is 0 Å². The zero-order chi connectivity index (χ0) is 12.3. The number of rotatable bonds is 3. The normalized spacial score (nSPS) is 11.3. The van der Waals surface area contributed by atoms with Gasteiger partial charge in [-0.05, 0) is 34.6 Å². The highest BCUT2D eigenvalue weighted by Crippen LogP contribution is 2.33. The number of benzene rings is 1. The Bertz CT molecular complexity index is 383. The summed E-state index contributed by atoms with van der Waals surface area (Å²) >= 11 is 0. The van der Waals surface area contributed by atoms with E-state index in [-0.39, 0.29) is 5.41 Å². The van der Waals surface area contributed by atoms with Crippen molar-refractivity contribution >= 4 is 11.8 Å². The molecule has 0 amide bonds. The van der Waals surface area contributed by atoms with Gasteiger partial charge in [0.25, 0.3) is 0 Å². The molecule has 0 fully saturated rings. The van der Waals surface area contributed by atoms with Crippen molar-refractivity contribution in [2.75, 3.05) is 12.4 Å². The first-order chi connectivity index (χ1) is 7.43. The van der Waals surface area contributed by atoms with Crippen LogP contribution in [0.15, 0.2) is 18.7 Å². The second kappa shape index (κ2) is 4.73. The molecule has 1 aromatic carbocycles. The molecule has 1 N–H and O–H groups in total. The molecular weight excluding hydrogens is 194 g/mol. The van der Waals surface area contributed by atoms with E-state index in [1.165, 1.54) is 22.4 Å². The largest absolute Gasteiger partial charge is 0.387 e. The third-order valence-corrected chi connectivity index (χ3v) is 2.91. The Morgan fingerprint density at radius 2 is 1.94 bits per heavy atom. The van der Waals surface area contributed by atoms with Gasteiger partial charge in [-0.15, -0.1) is 0 Å². The van der Waals surface area contributed by atoms with E-state index in [0.717, 1.165) is 6.42 Å². The number of aryl methyl sites for hydroxylation is 1. The Morgan fingerprint density at radius 3 is 2.31 bits per heavy atom. The summed E-state index contributed by atoms with van der Waals surface area (Å²) in [5, 5.41) is 3.30. The molecule has 1 rings (SSSR count). The number of anilines is 1. The van der Waals surface area contributed by atoms with Gasteiger partial charge >= 0.3 is 0 Å². The third kappa shape index (κ3) is 2.46. The maximum atomic E-state index is 3.90. The smallest absolute Gasteiger partial charge is 0.0449 e. The van der Waals surface area contributed by atoms with Crippen molar-refractivity contribution in [3.05, 3.63) is 35.4 Å². The van der Waals surface area contributed by atoms with Gasteiger partial charge in [-0.1, -0.05) is 46.4 Å². The van der Waals surface area contributed by atoms with Crippen LogP contribution in [0.5, 0.6) is 0 Å². The Morgan fingerprint density at radius 1 is 1.31 bits per heavy atom. The van der Waals surface area contributed by atoms with Crippen molar-refractivity contribution < 1.29 is 0 Å². The van der Waals surface area contributed by atoms with Crippen molar-refractivity contribution in [1.82, 2.24) is 0 Å². The molecule has 0 saturated heterocycles. The number of hydrogen-bond donors (Lipinski definition) is 1. The lowest BCUT2D eigenvalue weighted by Gasteiger charge is -2.25. The van der Waals surface area contributed by atoms with Crippen LogP contribution in [-0.4, -0.2) is 7.05 Å². The minimum atomic E-state index is 0.154. The maximum absolute atomic E-state index is 3.90. The molecule has 0 atom stereocenters. The van der Waals surface area contributed by atoms with Gasteiger partial charge in [-0.3, -0.25) is 0 Å². The van der Waals surface area contributed by atoms with E-state index in [4.69, 9.17) is 0 Å². The Kier molecular flexibility index (Phi) is 3.79. The standard InChI is InChI=1S/C15H23N/c1-7-11-9-12(8-2)14(16-6)13(10-11)15(3,4)5/h8-10,16H,2,7H2,1,3-6H3. The van der Waals surface area contributed by atoms with Gasteiger partial charge in [-0.25, -0.2) is 0 Å². The summed E-state index contributed by atoms with van der Waals surface area (Å²) in [7, 11) is 1.98. The first-order valence-corrected chi connectivity index (χ1v) is 5.91.